The van der Waals surface area contributed by atoms with Crippen molar-refractivity contribution >= 4 is 0 Å². The molecule has 1 aliphatic rings. The van der Waals surface area contributed by atoms with Crippen molar-refractivity contribution in [3.63, 3.8) is 0 Å². The second-order valence-corrected chi connectivity index (χ2v) is 4.81. The molecule has 2 unspecified atom stereocenters. The number of nitrogens with zero attached hydrogens (tertiary/aromatic N) is 1. The molecule has 0 aromatic carbocycles. The van der Waals surface area contributed by atoms with Crippen molar-refractivity contribution in [3.8, 4) is 0 Å². The normalized spacial score (nSPS) is 27.4. The van der Waals surface area contributed by atoms with Gasteiger partial charge < -0.3 is 10.2 Å². The van der Waals surface area contributed by atoms with Gasteiger partial charge in [0.05, 0.1) is 6.42 Å². The van der Waals surface area contributed by atoms with E-state index in [1.165, 1.54) is 12.8 Å². The van der Waals surface area contributed by atoms with E-state index in [1.807, 2.05) is 0 Å². The third-order valence-corrected chi connectivity index (χ3v) is 3.22. The van der Waals surface area contributed by atoms with Gasteiger partial charge in [-0.05, 0) is 32.4 Å². The minimum absolute atomic E-state index is 0.0917. The first-order valence-electron chi connectivity index (χ1n) is 5.87. The highest BCUT2D eigenvalue weighted by Crippen LogP contribution is 2.20. The van der Waals surface area contributed by atoms with Crippen LogP contribution < -0.4 is 5.32 Å². The minimum atomic E-state index is -4.04. The van der Waals surface area contributed by atoms with Crippen molar-refractivity contribution in [2.75, 3.05) is 26.7 Å². The maximum absolute atomic E-state index is 12.0. The third kappa shape index (κ3) is 5.16. The fourth-order valence-electron chi connectivity index (χ4n) is 2.10. The van der Waals surface area contributed by atoms with Gasteiger partial charge in [-0.1, -0.05) is 6.92 Å². The SMILES string of the molecule is CC1CCCNC1CN(C)CCC(F)(F)F. The largest absolute Gasteiger partial charge is 0.390 e. The Labute approximate surface area is 95.2 Å². The van der Waals surface area contributed by atoms with E-state index >= 15 is 0 Å². The summed E-state index contributed by atoms with van der Waals surface area (Å²) in [5.41, 5.74) is 0. The molecule has 0 radical (unpaired) electrons. The van der Waals surface area contributed by atoms with E-state index in [2.05, 4.69) is 12.2 Å². The molecular weight excluding hydrogens is 217 g/mol. The molecule has 0 aliphatic carbocycles. The first-order valence-corrected chi connectivity index (χ1v) is 5.87. The van der Waals surface area contributed by atoms with E-state index in [0.29, 0.717) is 18.5 Å². The summed E-state index contributed by atoms with van der Waals surface area (Å²) in [6.07, 6.45) is -2.42. The first-order chi connectivity index (χ1) is 7.38. The predicted octanol–water partition coefficient (Wildman–Crippen LogP) is 2.26. The number of piperidine rings is 1. The van der Waals surface area contributed by atoms with Crippen molar-refractivity contribution in [2.45, 2.75) is 38.4 Å². The van der Waals surface area contributed by atoms with Gasteiger partial charge >= 0.3 is 6.18 Å². The molecule has 0 amide bonds. The predicted molar refractivity (Wildman–Crippen MR) is 58.4 cm³/mol. The van der Waals surface area contributed by atoms with Gasteiger partial charge in [-0.2, -0.15) is 13.2 Å². The molecule has 1 saturated heterocycles. The zero-order valence-corrected chi connectivity index (χ0v) is 9.98. The molecule has 96 valence electrons. The van der Waals surface area contributed by atoms with Crippen LogP contribution in [0.4, 0.5) is 13.2 Å². The molecule has 0 aromatic rings. The third-order valence-electron chi connectivity index (χ3n) is 3.22. The molecule has 2 atom stereocenters. The van der Waals surface area contributed by atoms with Crippen LogP contribution in [0.3, 0.4) is 0 Å². The standard InChI is InChI=1S/C11H21F3N2/c1-9-4-3-6-15-10(9)8-16(2)7-5-11(12,13)14/h9-10,15H,3-8H2,1-2H3. The van der Waals surface area contributed by atoms with Crippen molar-refractivity contribution < 1.29 is 13.2 Å². The maximum atomic E-state index is 12.0. The van der Waals surface area contributed by atoms with Gasteiger partial charge in [-0.3, -0.25) is 0 Å². The van der Waals surface area contributed by atoms with Crippen molar-refractivity contribution in [3.05, 3.63) is 0 Å². The molecule has 1 N–H and O–H groups in total. The van der Waals surface area contributed by atoms with E-state index in [-0.39, 0.29) is 6.54 Å². The summed E-state index contributed by atoms with van der Waals surface area (Å²) < 4.78 is 36.1. The Hall–Kier alpha value is -0.290. The van der Waals surface area contributed by atoms with Gasteiger partial charge in [0.2, 0.25) is 0 Å². The van der Waals surface area contributed by atoms with Crippen LogP contribution in [0.25, 0.3) is 0 Å². The lowest BCUT2D eigenvalue weighted by molar-refractivity contribution is -0.137. The Kier molecular flexibility index (Phi) is 5.05. The highest BCUT2D eigenvalue weighted by Gasteiger charge is 2.28. The van der Waals surface area contributed by atoms with E-state index < -0.39 is 12.6 Å². The highest BCUT2D eigenvalue weighted by molar-refractivity contribution is 4.80. The Balaban J connectivity index is 2.24. The molecule has 1 fully saturated rings. The fourth-order valence-corrected chi connectivity index (χ4v) is 2.10. The van der Waals surface area contributed by atoms with E-state index in [9.17, 15) is 13.2 Å². The van der Waals surface area contributed by atoms with Gasteiger partial charge in [0, 0.05) is 19.1 Å². The minimum Gasteiger partial charge on any atom is -0.312 e. The monoisotopic (exact) mass is 238 g/mol. The highest BCUT2D eigenvalue weighted by atomic mass is 19.4. The molecule has 0 aromatic heterocycles. The zero-order valence-electron chi connectivity index (χ0n) is 9.98. The lowest BCUT2D eigenvalue weighted by Crippen LogP contribution is -2.47. The van der Waals surface area contributed by atoms with Gasteiger partial charge in [-0.15, -0.1) is 0 Å². The number of halogens is 3. The lowest BCUT2D eigenvalue weighted by Gasteiger charge is -2.33. The van der Waals surface area contributed by atoms with Crippen LogP contribution in [0.5, 0.6) is 0 Å². The number of likely N-dealkylation sites (N-methyl/N-ethyl adjacent to an activating group) is 1. The van der Waals surface area contributed by atoms with Crippen LogP contribution >= 0.6 is 0 Å². The topological polar surface area (TPSA) is 15.3 Å². The second kappa shape index (κ2) is 5.87. The number of nitrogens with one attached hydrogen (secondary N) is 1. The van der Waals surface area contributed by atoms with Crippen molar-refractivity contribution in [2.24, 2.45) is 5.92 Å². The van der Waals surface area contributed by atoms with Crippen LogP contribution in [0, 0.1) is 5.92 Å². The zero-order chi connectivity index (χ0) is 12.2. The van der Waals surface area contributed by atoms with Gasteiger partial charge in [-0.25, -0.2) is 0 Å². The van der Waals surface area contributed by atoms with E-state index in [0.717, 1.165) is 6.54 Å². The molecular formula is C11H21F3N2. The molecule has 2 nitrogen and oxygen atoms in total. The molecule has 0 saturated carbocycles. The Morgan fingerprint density at radius 2 is 2.06 bits per heavy atom. The molecule has 0 spiro atoms. The maximum Gasteiger partial charge on any atom is 0.390 e. The first kappa shape index (κ1) is 13.8. The summed E-state index contributed by atoms with van der Waals surface area (Å²) >= 11 is 0. The molecule has 5 heteroatoms. The van der Waals surface area contributed by atoms with Crippen molar-refractivity contribution in [1.29, 1.82) is 0 Å². The molecule has 16 heavy (non-hydrogen) atoms. The second-order valence-electron chi connectivity index (χ2n) is 4.81. The average Bonchev–Trinajstić information content (AvgIpc) is 2.18. The summed E-state index contributed by atoms with van der Waals surface area (Å²) in [4.78, 5) is 1.77. The molecule has 1 aliphatic heterocycles. The lowest BCUT2D eigenvalue weighted by atomic mass is 9.92. The smallest absolute Gasteiger partial charge is 0.312 e. The molecule has 1 rings (SSSR count). The average molecular weight is 238 g/mol. The van der Waals surface area contributed by atoms with Gasteiger partial charge in [0.1, 0.15) is 0 Å². The Morgan fingerprint density at radius 1 is 1.38 bits per heavy atom. The molecule has 0 bridgehead atoms. The van der Waals surface area contributed by atoms with Crippen molar-refractivity contribution in [1.82, 2.24) is 10.2 Å². The number of hydrogen-bond acceptors (Lipinski definition) is 2. The van der Waals surface area contributed by atoms with Gasteiger partial charge in [0.15, 0.2) is 0 Å². The fraction of sp³-hybridized carbons (Fsp3) is 1.00. The Morgan fingerprint density at radius 3 is 2.62 bits per heavy atom. The summed E-state index contributed by atoms with van der Waals surface area (Å²) in [7, 11) is 1.76. The van der Waals surface area contributed by atoms with Crippen LogP contribution in [0.2, 0.25) is 0 Å². The summed E-state index contributed by atoms with van der Waals surface area (Å²) in [5.74, 6) is 0.557. The summed E-state index contributed by atoms with van der Waals surface area (Å²) in [5, 5.41) is 3.37. The van der Waals surface area contributed by atoms with Crippen LogP contribution in [-0.2, 0) is 0 Å². The summed E-state index contributed by atoms with van der Waals surface area (Å²) in [6.45, 7) is 3.95. The molecule has 1 heterocycles. The quantitative estimate of drug-likeness (QED) is 0.808. The Bertz CT molecular complexity index is 206. The number of hydrogen-bond donors (Lipinski definition) is 1. The summed E-state index contributed by atoms with van der Waals surface area (Å²) in [6, 6.07) is 0.340. The van der Waals surface area contributed by atoms with E-state index in [1.54, 1.807) is 11.9 Å². The van der Waals surface area contributed by atoms with Crippen LogP contribution in [-0.4, -0.2) is 43.8 Å². The van der Waals surface area contributed by atoms with E-state index in [4.69, 9.17) is 0 Å². The number of rotatable bonds is 4. The van der Waals surface area contributed by atoms with Crippen LogP contribution in [0.1, 0.15) is 26.2 Å². The number of alkyl halides is 3. The van der Waals surface area contributed by atoms with Gasteiger partial charge in [0.25, 0.3) is 0 Å². The van der Waals surface area contributed by atoms with Crippen LogP contribution in [0.15, 0.2) is 0 Å².